The summed E-state index contributed by atoms with van der Waals surface area (Å²) < 4.78 is 1.82. The molecular formula is C22H28N4O. The number of aromatic nitrogens is 3. The van der Waals surface area contributed by atoms with Crippen molar-refractivity contribution >= 4 is 11.6 Å². The zero-order valence-electron chi connectivity index (χ0n) is 17.0. The van der Waals surface area contributed by atoms with Gasteiger partial charge in [-0.05, 0) is 53.7 Å². The second-order valence-electron chi connectivity index (χ2n) is 7.68. The van der Waals surface area contributed by atoms with Crippen molar-refractivity contribution in [2.75, 3.05) is 0 Å². The Morgan fingerprint density at radius 3 is 2.22 bits per heavy atom. The third-order valence-electron chi connectivity index (χ3n) is 4.75. The predicted octanol–water partition coefficient (Wildman–Crippen LogP) is 4.20. The molecule has 0 N–H and O–H groups in total. The highest BCUT2D eigenvalue weighted by Crippen LogP contribution is 2.26. The zero-order valence-corrected chi connectivity index (χ0v) is 17.0. The Hall–Kier alpha value is -2.69. The minimum atomic E-state index is 0.0958. The van der Waals surface area contributed by atoms with Crippen LogP contribution in [0.5, 0.6) is 0 Å². The largest absolute Gasteiger partial charge is 0.338 e. The summed E-state index contributed by atoms with van der Waals surface area (Å²) in [6.07, 6.45) is 0.275. The van der Waals surface area contributed by atoms with Gasteiger partial charge in [0, 0.05) is 17.6 Å². The normalized spacial score (nSPS) is 11.6. The lowest BCUT2D eigenvalue weighted by atomic mass is 10.1. The summed E-state index contributed by atoms with van der Waals surface area (Å²) in [6, 6.07) is 12.4. The van der Waals surface area contributed by atoms with Crippen molar-refractivity contribution in [1.82, 2.24) is 19.5 Å². The van der Waals surface area contributed by atoms with Gasteiger partial charge >= 0.3 is 0 Å². The minimum Gasteiger partial charge on any atom is -0.338 e. The summed E-state index contributed by atoms with van der Waals surface area (Å²) in [4.78, 5) is 19.8. The van der Waals surface area contributed by atoms with E-state index in [0.717, 1.165) is 28.3 Å². The van der Waals surface area contributed by atoms with Crippen molar-refractivity contribution < 1.29 is 4.79 Å². The summed E-state index contributed by atoms with van der Waals surface area (Å²) in [7, 11) is 0. The molecule has 1 aromatic carbocycles. The molecule has 27 heavy (non-hydrogen) atoms. The van der Waals surface area contributed by atoms with Crippen LogP contribution in [0.15, 0.2) is 36.4 Å². The number of hydrogen-bond donors (Lipinski definition) is 0. The molecule has 0 saturated heterocycles. The standard InChI is InChI=1S/C22H28N4O/c1-14(2)25(15(3)4)21(27)13-19-22(18-10-7-16(5)8-11-18)23-20-12-9-17(6)24-26(19)20/h7-12,14-15H,13H2,1-6H3. The van der Waals surface area contributed by atoms with Crippen LogP contribution in [0.25, 0.3) is 16.9 Å². The van der Waals surface area contributed by atoms with Crippen LogP contribution in [-0.4, -0.2) is 37.5 Å². The van der Waals surface area contributed by atoms with E-state index in [2.05, 4.69) is 64.0 Å². The van der Waals surface area contributed by atoms with Gasteiger partial charge in [0.1, 0.15) is 0 Å². The van der Waals surface area contributed by atoms with E-state index in [1.807, 2.05) is 28.5 Å². The van der Waals surface area contributed by atoms with Crippen LogP contribution in [0.3, 0.4) is 0 Å². The molecule has 0 atom stereocenters. The lowest BCUT2D eigenvalue weighted by Crippen LogP contribution is -2.43. The zero-order chi connectivity index (χ0) is 19.7. The molecule has 0 spiro atoms. The summed E-state index contributed by atoms with van der Waals surface area (Å²) in [6.45, 7) is 12.2. The lowest BCUT2D eigenvalue weighted by molar-refractivity contribution is -0.134. The third-order valence-corrected chi connectivity index (χ3v) is 4.75. The predicted molar refractivity (Wildman–Crippen MR) is 109 cm³/mol. The van der Waals surface area contributed by atoms with Crippen molar-refractivity contribution in [3.8, 4) is 11.3 Å². The van der Waals surface area contributed by atoms with Gasteiger partial charge in [-0.3, -0.25) is 4.79 Å². The van der Waals surface area contributed by atoms with Gasteiger partial charge in [0.25, 0.3) is 0 Å². The fourth-order valence-electron chi connectivity index (χ4n) is 3.58. The first kappa shape index (κ1) is 19.1. The Balaban J connectivity index is 2.11. The van der Waals surface area contributed by atoms with E-state index in [1.165, 1.54) is 5.56 Å². The van der Waals surface area contributed by atoms with E-state index in [4.69, 9.17) is 4.98 Å². The van der Waals surface area contributed by atoms with Crippen LogP contribution in [0, 0.1) is 13.8 Å². The van der Waals surface area contributed by atoms with Crippen LogP contribution < -0.4 is 0 Å². The maximum absolute atomic E-state index is 13.1. The van der Waals surface area contributed by atoms with Crippen LogP contribution in [-0.2, 0) is 11.2 Å². The average Bonchev–Trinajstić information content (AvgIpc) is 2.92. The number of carbonyl (C=O) groups excluding carboxylic acids is 1. The molecular weight excluding hydrogens is 336 g/mol. The first-order chi connectivity index (χ1) is 12.8. The van der Waals surface area contributed by atoms with E-state index < -0.39 is 0 Å². The van der Waals surface area contributed by atoms with Crippen molar-refractivity contribution in [2.24, 2.45) is 0 Å². The summed E-state index contributed by atoms with van der Waals surface area (Å²) in [5, 5.41) is 4.62. The summed E-state index contributed by atoms with van der Waals surface area (Å²) in [5.41, 5.74) is 5.53. The average molecular weight is 364 g/mol. The highest BCUT2D eigenvalue weighted by atomic mass is 16.2. The van der Waals surface area contributed by atoms with E-state index in [9.17, 15) is 4.79 Å². The minimum absolute atomic E-state index is 0.0958. The van der Waals surface area contributed by atoms with Crippen molar-refractivity contribution in [3.63, 3.8) is 0 Å². The van der Waals surface area contributed by atoms with E-state index in [0.29, 0.717) is 0 Å². The number of hydrogen-bond acceptors (Lipinski definition) is 3. The topological polar surface area (TPSA) is 50.5 Å². The second kappa shape index (κ2) is 7.51. The maximum Gasteiger partial charge on any atom is 0.229 e. The van der Waals surface area contributed by atoms with Gasteiger partial charge in [0.05, 0.1) is 23.5 Å². The lowest BCUT2D eigenvalue weighted by Gasteiger charge is -2.30. The monoisotopic (exact) mass is 364 g/mol. The molecule has 1 amide bonds. The quantitative estimate of drug-likeness (QED) is 0.682. The molecule has 0 fully saturated rings. The molecule has 2 aromatic heterocycles. The number of benzene rings is 1. The van der Waals surface area contributed by atoms with Crippen molar-refractivity contribution in [1.29, 1.82) is 0 Å². The first-order valence-electron chi connectivity index (χ1n) is 9.51. The summed E-state index contributed by atoms with van der Waals surface area (Å²) >= 11 is 0. The molecule has 0 radical (unpaired) electrons. The molecule has 5 heteroatoms. The number of nitrogens with zero attached hydrogens (tertiary/aromatic N) is 4. The van der Waals surface area contributed by atoms with E-state index in [-0.39, 0.29) is 24.4 Å². The van der Waals surface area contributed by atoms with Gasteiger partial charge in [-0.15, -0.1) is 0 Å². The third kappa shape index (κ3) is 3.87. The number of fused-ring (bicyclic) bond motifs is 1. The molecule has 0 aliphatic rings. The Morgan fingerprint density at radius 1 is 1.00 bits per heavy atom. The Kier molecular flexibility index (Phi) is 5.31. The van der Waals surface area contributed by atoms with Gasteiger partial charge in [-0.1, -0.05) is 29.8 Å². The SMILES string of the molecule is Cc1ccc(-c2nc3ccc(C)nn3c2CC(=O)N(C(C)C)C(C)C)cc1. The highest BCUT2D eigenvalue weighted by Gasteiger charge is 2.24. The molecule has 0 aliphatic heterocycles. The number of carbonyl (C=O) groups is 1. The number of rotatable bonds is 5. The Morgan fingerprint density at radius 2 is 1.63 bits per heavy atom. The van der Waals surface area contributed by atoms with Gasteiger partial charge < -0.3 is 4.90 Å². The molecule has 142 valence electrons. The van der Waals surface area contributed by atoms with E-state index >= 15 is 0 Å². The molecule has 0 unspecified atom stereocenters. The number of aryl methyl sites for hydroxylation is 2. The molecule has 0 bridgehead atoms. The van der Waals surface area contributed by atoms with Crippen LogP contribution in [0.1, 0.15) is 44.6 Å². The van der Waals surface area contributed by atoms with Gasteiger partial charge in [-0.2, -0.15) is 5.10 Å². The van der Waals surface area contributed by atoms with Crippen LogP contribution >= 0.6 is 0 Å². The van der Waals surface area contributed by atoms with Gasteiger partial charge in [0.15, 0.2) is 5.65 Å². The second-order valence-corrected chi connectivity index (χ2v) is 7.68. The smallest absolute Gasteiger partial charge is 0.229 e. The van der Waals surface area contributed by atoms with Crippen molar-refractivity contribution in [3.05, 3.63) is 53.3 Å². The van der Waals surface area contributed by atoms with Crippen molar-refractivity contribution in [2.45, 2.75) is 60.0 Å². The van der Waals surface area contributed by atoms with E-state index in [1.54, 1.807) is 0 Å². The van der Waals surface area contributed by atoms with Gasteiger partial charge in [-0.25, -0.2) is 9.50 Å². The molecule has 3 rings (SSSR count). The molecule has 3 aromatic rings. The Bertz CT molecular complexity index is 946. The molecule has 0 saturated carbocycles. The molecule has 0 aliphatic carbocycles. The maximum atomic E-state index is 13.1. The van der Waals surface area contributed by atoms with Crippen LogP contribution in [0.2, 0.25) is 0 Å². The molecule has 2 heterocycles. The fourth-order valence-corrected chi connectivity index (χ4v) is 3.58. The highest BCUT2D eigenvalue weighted by molar-refractivity contribution is 5.82. The van der Waals surface area contributed by atoms with Gasteiger partial charge in [0.2, 0.25) is 5.91 Å². The Labute approximate surface area is 161 Å². The molecule has 5 nitrogen and oxygen atoms in total. The summed E-state index contributed by atoms with van der Waals surface area (Å²) in [5.74, 6) is 0.0958. The van der Waals surface area contributed by atoms with Crippen LogP contribution in [0.4, 0.5) is 0 Å². The number of amides is 1. The fraction of sp³-hybridized carbons (Fsp3) is 0.409. The number of imidazole rings is 1. The first-order valence-corrected chi connectivity index (χ1v) is 9.51.